The number of carbonyl (C=O) groups is 1. The molecule has 2 aromatic heterocycles. The van der Waals surface area contributed by atoms with Gasteiger partial charge in [-0.2, -0.15) is 0 Å². The smallest absolute Gasteiger partial charge is 0.227 e. The molecular weight excluding hydrogens is 260 g/mol. The third kappa shape index (κ3) is 2.85. The van der Waals surface area contributed by atoms with Crippen molar-refractivity contribution in [2.45, 2.75) is 19.3 Å². The summed E-state index contributed by atoms with van der Waals surface area (Å²) in [6, 6.07) is 4.60. The number of aryl methyl sites for hydroxylation is 1. The first-order valence-corrected chi connectivity index (χ1v) is 6.01. The molecule has 2 rings (SSSR count). The fraction of sp³-hybridized carbons (Fsp3) is 0.214. The molecule has 6 nitrogen and oxygen atoms in total. The Morgan fingerprint density at radius 3 is 2.90 bits per heavy atom. The van der Waals surface area contributed by atoms with Gasteiger partial charge in [-0.05, 0) is 18.6 Å². The summed E-state index contributed by atoms with van der Waals surface area (Å²) in [5.41, 5.74) is 5.31. The van der Waals surface area contributed by atoms with Crippen LogP contribution in [0.1, 0.15) is 29.4 Å². The molecule has 0 spiro atoms. The van der Waals surface area contributed by atoms with E-state index in [1.165, 1.54) is 12.3 Å². The normalized spacial score (nSPS) is 12.1. The van der Waals surface area contributed by atoms with Gasteiger partial charge in [0.1, 0.15) is 5.76 Å². The molecule has 104 valence electrons. The van der Waals surface area contributed by atoms with Crippen LogP contribution in [0.15, 0.2) is 39.8 Å². The minimum absolute atomic E-state index is 0.0294. The predicted octanol–water partition coefficient (Wildman–Crippen LogP) is 1.06. The van der Waals surface area contributed by atoms with Crippen molar-refractivity contribution in [3.63, 3.8) is 0 Å². The Balaban J connectivity index is 2.58. The third-order valence-electron chi connectivity index (χ3n) is 2.88. The van der Waals surface area contributed by atoms with E-state index in [2.05, 4.69) is 4.98 Å². The van der Waals surface area contributed by atoms with Crippen LogP contribution in [0.2, 0.25) is 0 Å². The minimum atomic E-state index is -0.645. The number of nitrogens with zero attached hydrogens (tertiary/aromatic N) is 1. The SMILES string of the molecule is Cc1cc(=O)c(O)c(C(CC(N)=O)c2cccnc2)o1. The molecule has 0 fully saturated rings. The van der Waals surface area contributed by atoms with Crippen LogP contribution in [-0.2, 0) is 4.79 Å². The molecule has 1 amide bonds. The number of primary amides is 1. The van der Waals surface area contributed by atoms with Crippen LogP contribution in [0, 0.1) is 6.92 Å². The summed E-state index contributed by atoms with van der Waals surface area (Å²) in [4.78, 5) is 26.8. The minimum Gasteiger partial charge on any atom is -0.502 e. The lowest BCUT2D eigenvalue weighted by molar-refractivity contribution is -0.118. The van der Waals surface area contributed by atoms with Gasteiger partial charge < -0.3 is 15.3 Å². The summed E-state index contributed by atoms with van der Waals surface area (Å²) in [6.07, 6.45) is 3.03. The highest BCUT2D eigenvalue weighted by atomic mass is 16.4. The lowest BCUT2D eigenvalue weighted by Crippen LogP contribution is -2.18. The van der Waals surface area contributed by atoms with E-state index in [-0.39, 0.29) is 12.2 Å². The lowest BCUT2D eigenvalue weighted by atomic mass is 9.93. The molecule has 0 aliphatic rings. The highest BCUT2D eigenvalue weighted by Gasteiger charge is 2.24. The first kappa shape index (κ1) is 13.8. The van der Waals surface area contributed by atoms with Gasteiger partial charge >= 0.3 is 0 Å². The number of aromatic hydroxyl groups is 1. The van der Waals surface area contributed by atoms with Crippen molar-refractivity contribution in [3.8, 4) is 5.75 Å². The summed E-state index contributed by atoms with van der Waals surface area (Å²) in [7, 11) is 0. The molecule has 0 bridgehead atoms. The number of carbonyl (C=O) groups excluding carboxylic acids is 1. The molecule has 6 heteroatoms. The van der Waals surface area contributed by atoms with Gasteiger partial charge in [0.15, 0.2) is 5.76 Å². The van der Waals surface area contributed by atoms with Crippen molar-refractivity contribution < 1.29 is 14.3 Å². The van der Waals surface area contributed by atoms with Gasteiger partial charge in [0.05, 0.1) is 5.92 Å². The number of hydrogen-bond donors (Lipinski definition) is 2. The van der Waals surface area contributed by atoms with E-state index < -0.39 is 23.0 Å². The van der Waals surface area contributed by atoms with Crippen molar-refractivity contribution in [2.24, 2.45) is 5.73 Å². The summed E-state index contributed by atoms with van der Waals surface area (Å²) < 4.78 is 5.42. The van der Waals surface area contributed by atoms with Gasteiger partial charge in [0.25, 0.3) is 0 Å². The number of rotatable bonds is 4. The standard InChI is InChI=1S/C14H14N2O4/c1-8-5-11(17)13(19)14(20-8)10(6-12(15)18)9-3-2-4-16-7-9/h2-5,7,10,19H,6H2,1H3,(H2,15,18). The maximum absolute atomic E-state index is 11.6. The van der Waals surface area contributed by atoms with Crippen molar-refractivity contribution >= 4 is 5.91 Å². The quantitative estimate of drug-likeness (QED) is 0.866. The largest absolute Gasteiger partial charge is 0.502 e. The Morgan fingerprint density at radius 1 is 1.55 bits per heavy atom. The first-order chi connectivity index (χ1) is 9.49. The van der Waals surface area contributed by atoms with Crippen LogP contribution >= 0.6 is 0 Å². The molecule has 0 aromatic carbocycles. The predicted molar refractivity (Wildman–Crippen MR) is 71.3 cm³/mol. The second-order valence-corrected chi connectivity index (χ2v) is 4.44. The maximum Gasteiger partial charge on any atom is 0.227 e. The van der Waals surface area contributed by atoms with Gasteiger partial charge in [-0.1, -0.05) is 6.07 Å². The van der Waals surface area contributed by atoms with E-state index in [4.69, 9.17) is 10.2 Å². The Morgan fingerprint density at radius 2 is 2.30 bits per heavy atom. The van der Waals surface area contributed by atoms with E-state index >= 15 is 0 Å². The summed E-state index contributed by atoms with van der Waals surface area (Å²) >= 11 is 0. The number of aromatic nitrogens is 1. The fourth-order valence-electron chi connectivity index (χ4n) is 2.01. The van der Waals surface area contributed by atoms with Gasteiger partial charge in [-0.3, -0.25) is 14.6 Å². The average molecular weight is 274 g/mol. The Bertz CT molecular complexity index is 679. The van der Waals surface area contributed by atoms with Crippen LogP contribution < -0.4 is 11.2 Å². The third-order valence-corrected chi connectivity index (χ3v) is 2.88. The van der Waals surface area contributed by atoms with Crippen LogP contribution in [0.25, 0.3) is 0 Å². The molecule has 0 aliphatic carbocycles. The summed E-state index contributed by atoms with van der Waals surface area (Å²) in [5, 5.41) is 9.89. The molecule has 0 aliphatic heterocycles. The van der Waals surface area contributed by atoms with Crippen molar-refractivity contribution in [3.05, 3.63) is 57.9 Å². The van der Waals surface area contributed by atoms with Gasteiger partial charge in [-0.15, -0.1) is 0 Å². The van der Waals surface area contributed by atoms with Gasteiger partial charge in [0, 0.05) is 24.9 Å². The number of nitrogens with two attached hydrogens (primary N) is 1. The van der Waals surface area contributed by atoms with E-state index in [1.54, 1.807) is 25.3 Å². The van der Waals surface area contributed by atoms with Crippen LogP contribution in [0.3, 0.4) is 0 Å². The van der Waals surface area contributed by atoms with Crippen LogP contribution in [0.5, 0.6) is 5.75 Å². The van der Waals surface area contributed by atoms with Gasteiger partial charge in [0.2, 0.25) is 17.1 Å². The molecule has 0 saturated heterocycles. The van der Waals surface area contributed by atoms with Crippen molar-refractivity contribution in [2.75, 3.05) is 0 Å². The van der Waals surface area contributed by atoms with Crippen molar-refractivity contribution in [1.29, 1.82) is 0 Å². The van der Waals surface area contributed by atoms with E-state index in [0.717, 1.165) is 0 Å². The molecule has 20 heavy (non-hydrogen) atoms. The molecule has 2 heterocycles. The first-order valence-electron chi connectivity index (χ1n) is 6.01. The molecule has 2 aromatic rings. The highest BCUT2D eigenvalue weighted by molar-refractivity contribution is 5.75. The molecule has 1 unspecified atom stereocenters. The Hall–Kier alpha value is -2.63. The van der Waals surface area contributed by atoms with Crippen molar-refractivity contribution in [1.82, 2.24) is 4.98 Å². The number of pyridine rings is 1. The summed E-state index contributed by atoms with van der Waals surface area (Å²) in [6.45, 7) is 1.59. The Labute approximate surface area is 114 Å². The molecule has 0 radical (unpaired) electrons. The topological polar surface area (TPSA) is 106 Å². The molecule has 1 atom stereocenters. The summed E-state index contributed by atoms with van der Waals surface area (Å²) in [5.74, 6) is -1.34. The fourth-order valence-corrected chi connectivity index (χ4v) is 2.01. The molecule has 0 saturated carbocycles. The number of hydrogen-bond acceptors (Lipinski definition) is 5. The molecular formula is C14H14N2O4. The zero-order valence-electron chi connectivity index (χ0n) is 10.9. The maximum atomic E-state index is 11.6. The highest BCUT2D eigenvalue weighted by Crippen LogP contribution is 2.32. The average Bonchev–Trinajstić information content (AvgIpc) is 2.41. The van der Waals surface area contributed by atoms with E-state index in [1.807, 2.05) is 0 Å². The zero-order chi connectivity index (χ0) is 14.7. The Kier molecular flexibility index (Phi) is 3.84. The monoisotopic (exact) mass is 274 g/mol. The van der Waals surface area contributed by atoms with E-state index in [0.29, 0.717) is 11.3 Å². The van der Waals surface area contributed by atoms with Crippen LogP contribution in [0.4, 0.5) is 0 Å². The second-order valence-electron chi connectivity index (χ2n) is 4.44. The zero-order valence-corrected chi connectivity index (χ0v) is 10.9. The van der Waals surface area contributed by atoms with E-state index in [9.17, 15) is 14.7 Å². The lowest BCUT2D eigenvalue weighted by Gasteiger charge is -2.15. The van der Waals surface area contributed by atoms with Gasteiger partial charge in [-0.25, -0.2) is 0 Å². The van der Waals surface area contributed by atoms with Crippen LogP contribution in [-0.4, -0.2) is 16.0 Å². The number of amides is 1. The second kappa shape index (κ2) is 5.56. The molecule has 3 N–H and O–H groups in total.